The molecule has 5 rings (SSSR count). The number of hydrogen-bond donors (Lipinski definition) is 0. The molecular weight excluding hydrogens is 340 g/mol. The van der Waals surface area contributed by atoms with Gasteiger partial charge in [0.15, 0.2) is 0 Å². The van der Waals surface area contributed by atoms with Crippen LogP contribution in [-0.2, 0) is 6.42 Å². The highest BCUT2D eigenvalue weighted by Crippen LogP contribution is 2.46. The Kier molecular flexibility index (Phi) is 4.21. The Bertz CT molecular complexity index is 1130. The van der Waals surface area contributed by atoms with Gasteiger partial charge in [-0.1, -0.05) is 78.9 Å². The summed E-state index contributed by atoms with van der Waals surface area (Å²) < 4.78 is 5.75. The second kappa shape index (κ2) is 7.01. The van der Waals surface area contributed by atoms with Gasteiger partial charge in [-0.3, -0.25) is 0 Å². The van der Waals surface area contributed by atoms with E-state index in [9.17, 15) is 0 Å². The van der Waals surface area contributed by atoms with Crippen LogP contribution in [0.5, 0.6) is 5.75 Å². The third kappa shape index (κ3) is 2.80. The monoisotopic (exact) mass is 362 g/mol. The average Bonchev–Trinajstić information content (AvgIpc) is 3.12. The predicted octanol–water partition coefficient (Wildman–Crippen LogP) is 6.99. The number of fused-ring (bicyclic) bond motifs is 3. The van der Waals surface area contributed by atoms with E-state index >= 15 is 0 Å². The highest BCUT2D eigenvalue weighted by atomic mass is 16.5. The second-order valence-electron chi connectivity index (χ2n) is 7.18. The summed E-state index contributed by atoms with van der Waals surface area (Å²) in [6.07, 6.45) is 0.960. The molecule has 0 spiro atoms. The van der Waals surface area contributed by atoms with E-state index in [2.05, 4.69) is 91.0 Å². The maximum atomic E-state index is 5.75. The van der Waals surface area contributed by atoms with Crippen molar-refractivity contribution in [3.05, 3.63) is 102 Å². The summed E-state index contributed by atoms with van der Waals surface area (Å²) in [5.74, 6) is 0.947. The van der Waals surface area contributed by atoms with Crippen LogP contribution >= 0.6 is 0 Å². The van der Waals surface area contributed by atoms with Crippen LogP contribution in [0.4, 0.5) is 0 Å². The Labute approximate surface area is 166 Å². The van der Waals surface area contributed by atoms with E-state index in [-0.39, 0.29) is 0 Å². The first-order valence-electron chi connectivity index (χ1n) is 9.88. The molecule has 0 amide bonds. The zero-order valence-electron chi connectivity index (χ0n) is 16.0. The maximum absolute atomic E-state index is 5.75. The molecule has 0 atom stereocenters. The summed E-state index contributed by atoms with van der Waals surface area (Å²) >= 11 is 0. The molecule has 28 heavy (non-hydrogen) atoms. The lowest BCUT2D eigenvalue weighted by Gasteiger charge is -2.16. The largest absolute Gasteiger partial charge is 0.494 e. The second-order valence-corrected chi connectivity index (χ2v) is 7.18. The molecular formula is C27H22O. The molecule has 136 valence electrons. The van der Waals surface area contributed by atoms with Crippen molar-refractivity contribution >= 4 is 0 Å². The summed E-state index contributed by atoms with van der Waals surface area (Å²) in [5.41, 5.74) is 10.6. The molecule has 0 heterocycles. The van der Waals surface area contributed by atoms with E-state index in [1.165, 1.54) is 44.5 Å². The van der Waals surface area contributed by atoms with E-state index in [1.54, 1.807) is 0 Å². The van der Waals surface area contributed by atoms with Crippen molar-refractivity contribution in [2.24, 2.45) is 0 Å². The first kappa shape index (κ1) is 16.8. The normalized spacial score (nSPS) is 11.8. The van der Waals surface area contributed by atoms with Crippen LogP contribution < -0.4 is 4.74 Å². The van der Waals surface area contributed by atoms with Crippen LogP contribution in [0.25, 0.3) is 33.4 Å². The van der Waals surface area contributed by atoms with Gasteiger partial charge in [-0.15, -0.1) is 0 Å². The highest BCUT2D eigenvalue weighted by Gasteiger charge is 2.24. The van der Waals surface area contributed by atoms with Crippen LogP contribution in [0.1, 0.15) is 18.1 Å². The predicted molar refractivity (Wildman–Crippen MR) is 117 cm³/mol. The Hall–Kier alpha value is -3.32. The Morgan fingerprint density at radius 1 is 0.679 bits per heavy atom. The molecule has 1 aliphatic rings. The molecule has 1 nitrogen and oxygen atoms in total. The highest BCUT2D eigenvalue weighted by molar-refractivity contribution is 5.93. The molecule has 0 saturated heterocycles. The van der Waals surface area contributed by atoms with E-state index in [4.69, 9.17) is 4.74 Å². The lowest BCUT2D eigenvalue weighted by molar-refractivity contribution is 0.340. The van der Waals surface area contributed by atoms with Crippen LogP contribution in [0.2, 0.25) is 0 Å². The lowest BCUT2D eigenvalue weighted by Crippen LogP contribution is -1.92. The number of hydrogen-bond acceptors (Lipinski definition) is 1. The van der Waals surface area contributed by atoms with Crippen molar-refractivity contribution in [3.63, 3.8) is 0 Å². The Morgan fingerprint density at radius 2 is 1.36 bits per heavy atom. The van der Waals surface area contributed by atoms with Crippen LogP contribution in [0.15, 0.2) is 91.0 Å². The fourth-order valence-corrected chi connectivity index (χ4v) is 4.28. The summed E-state index contributed by atoms with van der Waals surface area (Å²) in [5, 5.41) is 0. The summed E-state index contributed by atoms with van der Waals surface area (Å²) in [4.78, 5) is 0. The fraction of sp³-hybridized carbons (Fsp3) is 0.111. The molecule has 0 bridgehead atoms. The van der Waals surface area contributed by atoms with Crippen molar-refractivity contribution < 1.29 is 4.74 Å². The number of rotatable bonds is 4. The van der Waals surface area contributed by atoms with Gasteiger partial charge in [-0.2, -0.15) is 0 Å². The SMILES string of the molecule is CCOc1ccc2c(c1)-c1ccc(-c3ccccc3)c(-c3ccccc3)c1C2. The van der Waals surface area contributed by atoms with Crippen molar-refractivity contribution in [3.8, 4) is 39.1 Å². The third-order valence-electron chi connectivity index (χ3n) is 5.51. The van der Waals surface area contributed by atoms with Gasteiger partial charge in [0, 0.05) is 0 Å². The minimum absolute atomic E-state index is 0.688. The first-order valence-corrected chi connectivity index (χ1v) is 9.88. The molecule has 0 saturated carbocycles. The third-order valence-corrected chi connectivity index (χ3v) is 5.51. The molecule has 4 aromatic carbocycles. The van der Waals surface area contributed by atoms with Crippen LogP contribution in [0.3, 0.4) is 0 Å². The van der Waals surface area contributed by atoms with Gasteiger partial charge in [0.25, 0.3) is 0 Å². The smallest absolute Gasteiger partial charge is 0.119 e. The molecule has 4 aromatic rings. The van der Waals surface area contributed by atoms with Crippen LogP contribution in [-0.4, -0.2) is 6.61 Å². The molecule has 0 unspecified atom stereocenters. The number of ether oxygens (including phenoxy) is 1. The van der Waals surface area contributed by atoms with E-state index in [1.807, 2.05) is 6.92 Å². The first-order chi connectivity index (χ1) is 13.8. The van der Waals surface area contributed by atoms with Crippen LogP contribution in [0, 0.1) is 0 Å². The van der Waals surface area contributed by atoms with Gasteiger partial charge in [-0.25, -0.2) is 0 Å². The lowest BCUT2D eigenvalue weighted by atomic mass is 9.88. The molecule has 0 aliphatic heterocycles. The molecule has 0 aromatic heterocycles. The summed E-state index contributed by atoms with van der Waals surface area (Å²) in [7, 11) is 0. The average molecular weight is 362 g/mol. The molecule has 0 fully saturated rings. The minimum atomic E-state index is 0.688. The quantitative estimate of drug-likeness (QED) is 0.335. The van der Waals surface area contributed by atoms with E-state index in [0.717, 1.165) is 12.2 Å². The minimum Gasteiger partial charge on any atom is -0.494 e. The van der Waals surface area contributed by atoms with Crippen molar-refractivity contribution in [1.82, 2.24) is 0 Å². The Morgan fingerprint density at radius 3 is 2.07 bits per heavy atom. The van der Waals surface area contributed by atoms with Gasteiger partial charge >= 0.3 is 0 Å². The topological polar surface area (TPSA) is 9.23 Å². The molecule has 1 heteroatoms. The Balaban J connectivity index is 1.75. The standard InChI is InChI=1S/C27H22O/c1-2-28-22-14-13-21-17-26-24(25(21)18-22)16-15-23(19-9-5-3-6-10-19)27(26)20-11-7-4-8-12-20/h3-16,18H,2,17H2,1H3. The van der Waals surface area contributed by atoms with Crippen molar-refractivity contribution in [1.29, 1.82) is 0 Å². The van der Waals surface area contributed by atoms with E-state index < -0.39 is 0 Å². The molecule has 1 aliphatic carbocycles. The maximum Gasteiger partial charge on any atom is 0.119 e. The zero-order valence-corrected chi connectivity index (χ0v) is 16.0. The summed E-state index contributed by atoms with van der Waals surface area (Å²) in [6, 6.07) is 32.5. The number of benzene rings is 4. The summed E-state index contributed by atoms with van der Waals surface area (Å²) in [6.45, 7) is 2.72. The van der Waals surface area contributed by atoms with Gasteiger partial charge in [0.1, 0.15) is 5.75 Å². The molecule has 0 N–H and O–H groups in total. The van der Waals surface area contributed by atoms with Crippen molar-refractivity contribution in [2.45, 2.75) is 13.3 Å². The van der Waals surface area contributed by atoms with Gasteiger partial charge in [0.05, 0.1) is 6.61 Å². The van der Waals surface area contributed by atoms with Gasteiger partial charge < -0.3 is 4.74 Å². The fourth-order valence-electron chi connectivity index (χ4n) is 4.28. The molecule has 0 radical (unpaired) electrons. The van der Waals surface area contributed by atoms with E-state index in [0.29, 0.717) is 6.61 Å². The zero-order chi connectivity index (χ0) is 18.9. The van der Waals surface area contributed by atoms with Crippen molar-refractivity contribution in [2.75, 3.05) is 6.61 Å². The van der Waals surface area contributed by atoms with Gasteiger partial charge in [-0.05, 0) is 70.0 Å². The van der Waals surface area contributed by atoms with Gasteiger partial charge in [0.2, 0.25) is 0 Å².